The standard InChI is InChI=1S/C27H43N3O4S/c1-26(2,31)15-19(16-30-13-12-28-17-30)24-8-9-25-23-6-4-18-14-20(29-35(32,33)34)5-7-21(18)22(23)10-11-27(24,25)3/h4,12-13,17,19-25,29,31H,5-11,14-16H2,1-3H3,(H,32,33,34)/t19?,20?,21-,22?,23?,24+,25?,27+/m0/s1. The Kier molecular flexibility index (Phi) is 6.73. The molecule has 0 aromatic carbocycles. The van der Waals surface area contributed by atoms with Crippen LogP contribution in [0.5, 0.6) is 0 Å². The second-order valence-electron chi connectivity index (χ2n) is 12.9. The molecule has 0 saturated heterocycles. The second kappa shape index (κ2) is 9.26. The molecule has 1 aromatic heterocycles. The summed E-state index contributed by atoms with van der Waals surface area (Å²) in [6.45, 7) is 7.35. The van der Waals surface area contributed by atoms with E-state index in [4.69, 9.17) is 0 Å². The van der Waals surface area contributed by atoms with E-state index in [9.17, 15) is 18.1 Å². The molecular formula is C27H43N3O4S. The lowest BCUT2D eigenvalue weighted by atomic mass is 9.50. The van der Waals surface area contributed by atoms with Crippen LogP contribution in [0.25, 0.3) is 0 Å². The highest BCUT2D eigenvalue weighted by Gasteiger charge is 2.57. The zero-order valence-corrected chi connectivity index (χ0v) is 22.3. The minimum Gasteiger partial charge on any atom is -0.390 e. The Labute approximate surface area is 210 Å². The molecule has 0 spiro atoms. The van der Waals surface area contributed by atoms with Crippen molar-refractivity contribution in [2.24, 2.45) is 40.9 Å². The minimum atomic E-state index is -4.15. The van der Waals surface area contributed by atoms with Crippen molar-refractivity contribution in [3.63, 3.8) is 0 Å². The summed E-state index contributed by atoms with van der Waals surface area (Å²) in [6.07, 6.45) is 17.7. The molecule has 0 amide bonds. The molecule has 1 aromatic rings. The van der Waals surface area contributed by atoms with E-state index in [1.807, 2.05) is 32.6 Å². The van der Waals surface area contributed by atoms with Crippen molar-refractivity contribution in [3.8, 4) is 0 Å². The molecule has 0 radical (unpaired) electrons. The number of hydrogen-bond donors (Lipinski definition) is 3. The van der Waals surface area contributed by atoms with Crippen molar-refractivity contribution in [2.75, 3.05) is 0 Å². The Balaban J connectivity index is 1.34. The Hall–Kier alpha value is -1.22. The smallest absolute Gasteiger partial charge is 0.333 e. The number of imidazole rings is 1. The highest BCUT2D eigenvalue weighted by molar-refractivity contribution is 7.83. The van der Waals surface area contributed by atoms with Crippen molar-refractivity contribution >= 4 is 10.3 Å². The molecule has 35 heavy (non-hydrogen) atoms. The summed E-state index contributed by atoms with van der Waals surface area (Å²) >= 11 is 0. The number of nitrogens with one attached hydrogen (secondary N) is 1. The van der Waals surface area contributed by atoms with Crippen LogP contribution in [0.3, 0.4) is 0 Å². The first-order valence-electron chi connectivity index (χ1n) is 13.5. The Morgan fingerprint density at radius 3 is 2.71 bits per heavy atom. The molecule has 4 aliphatic carbocycles. The quantitative estimate of drug-likeness (QED) is 0.371. The molecule has 8 atom stereocenters. The van der Waals surface area contributed by atoms with Gasteiger partial charge >= 0.3 is 10.3 Å². The summed E-state index contributed by atoms with van der Waals surface area (Å²) in [4.78, 5) is 4.26. The molecule has 3 saturated carbocycles. The van der Waals surface area contributed by atoms with Crippen LogP contribution in [0.1, 0.15) is 78.6 Å². The van der Waals surface area contributed by atoms with Gasteiger partial charge in [0.05, 0.1) is 11.9 Å². The topological polar surface area (TPSA) is 104 Å². The first-order valence-corrected chi connectivity index (χ1v) is 15.0. The van der Waals surface area contributed by atoms with Crippen LogP contribution < -0.4 is 4.72 Å². The van der Waals surface area contributed by atoms with Gasteiger partial charge in [0, 0.05) is 25.0 Å². The number of fused-ring (bicyclic) bond motifs is 5. The highest BCUT2D eigenvalue weighted by atomic mass is 32.2. The zero-order chi connectivity index (χ0) is 25.0. The fourth-order valence-corrected chi connectivity index (χ4v) is 9.66. The molecule has 8 heteroatoms. The van der Waals surface area contributed by atoms with E-state index in [0.717, 1.165) is 38.6 Å². The summed E-state index contributed by atoms with van der Waals surface area (Å²) < 4.78 is 36.5. The van der Waals surface area contributed by atoms with E-state index < -0.39 is 15.9 Å². The van der Waals surface area contributed by atoms with Crippen molar-refractivity contribution in [3.05, 3.63) is 30.4 Å². The Morgan fingerprint density at radius 1 is 1.23 bits per heavy atom. The predicted octanol–water partition coefficient (Wildman–Crippen LogP) is 4.61. The molecule has 1 heterocycles. The number of aliphatic hydroxyl groups is 1. The van der Waals surface area contributed by atoms with E-state index in [1.165, 1.54) is 31.3 Å². The van der Waals surface area contributed by atoms with Crippen molar-refractivity contribution in [1.82, 2.24) is 14.3 Å². The molecular weight excluding hydrogens is 462 g/mol. The molecule has 3 N–H and O–H groups in total. The summed E-state index contributed by atoms with van der Waals surface area (Å²) in [5, 5.41) is 10.8. The van der Waals surface area contributed by atoms with Gasteiger partial charge in [-0.25, -0.2) is 4.98 Å². The van der Waals surface area contributed by atoms with Gasteiger partial charge in [-0.2, -0.15) is 13.1 Å². The number of hydrogen-bond acceptors (Lipinski definition) is 4. The van der Waals surface area contributed by atoms with E-state index in [2.05, 4.69) is 27.3 Å². The summed E-state index contributed by atoms with van der Waals surface area (Å²) in [5.74, 6) is 3.70. The number of nitrogens with zero attached hydrogens (tertiary/aromatic N) is 2. The fraction of sp³-hybridized carbons (Fsp3) is 0.815. The van der Waals surface area contributed by atoms with Crippen LogP contribution in [-0.2, 0) is 16.8 Å². The maximum atomic E-state index is 11.3. The third kappa shape index (κ3) is 5.27. The SMILES string of the molecule is CC(C)(O)CC(Cn1ccnc1)[C@H]1CCC2C3CC=C4CC(NS(=O)(=O)O)CC[C@@H]4C3CC[C@@]21C. The third-order valence-electron chi connectivity index (χ3n) is 10.2. The van der Waals surface area contributed by atoms with Crippen LogP contribution in [0.2, 0.25) is 0 Å². The predicted molar refractivity (Wildman–Crippen MR) is 136 cm³/mol. The summed E-state index contributed by atoms with van der Waals surface area (Å²) in [6, 6.07) is -0.181. The highest BCUT2D eigenvalue weighted by Crippen LogP contribution is 2.65. The van der Waals surface area contributed by atoms with Crippen LogP contribution in [0, 0.1) is 40.9 Å². The van der Waals surface area contributed by atoms with Gasteiger partial charge in [-0.05, 0) is 113 Å². The average molecular weight is 506 g/mol. The third-order valence-corrected chi connectivity index (χ3v) is 10.8. The second-order valence-corrected chi connectivity index (χ2v) is 14.1. The van der Waals surface area contributed by atoms with E-state index >= 15 is 0 Å². The molecule has 196 valence electrons. The van der Waals surface area contributed by atoms with Gasteiger partial charge in [0.1, 0.15) is 0 Å². The van der Waals surface area contributed by atoms with Crippen LogP contribution in [0.15, 0.2) is 30.4 Å². The number of aromatic nitrogens is 2. The lowest BCUT2D eigenvalue weighted by Crippen LogP contribution is -2.48. The lowest BCUT2D eigenvalue weighted by molar-refractivity contribution is -0.0425. The normalized spacial score (nSPS) is 38.3. The van der Waals surface area contributed by atoms with Gasteiger partial charge in [0.25, 0.3) is 0 Å². The molecule has 4 aliphatic rings. The van der Waals surface area contributed by atoms with Gasteiger partial charge in [-0.1, -0.05) is 18.6 Å². The summed E-state index contributed by atoms with van der Waals surface area (Å²) in [7, 11) is -4.15. The number of allylic oxidation sites excluding steroid dienone is 1. The van der Waals surface area contributed by atoms with Crippen molar-refractivity contribution in [1.29, 1.82) is 0 Å². The molecule has 5 unspecified atom stereocenters. The number of rotatable bonds is 7. The van der Waals surface area contributed by atoms with Crippen molar-refractivity contribution < 1.29 is 18.1 Å². The van der Waals surface area contributed by atoms with Gasteiger partial charge in [0.15, 0.2) is 0 Å². The Bertz CT molecular complexity index is 1030. The zero-order valence-electron chi connectivity index (χ0n) is 21.4. The average Bonchev–Trinajstić information content (AvgIpc) is 3.37. The van der Waals surface area contributed by atoms with Gasteiger partial charge in [-0.15, -0.1) is 0 Å². The molecule has 5 rings (SSSR count). The van der Waals surface area contributed by atoms with Crippen LogP contribution in [0.4, 0.5) is 0 Å². The van der Waals surface area contributed by atoms with E-state index in [0.29, 0.717) is 40.9 Å². The van der Waals surface area contributed by atoms with Crippen LogP contribution >= 0.6 is 0 Å². The molecule has 3 fully saturated rings. The van der Waals surface area contributed by atoms with E-state index in [1.54, 1.807) is 0 Å². The largest absolute Gasteiger partial charge is 0.390 e. The first kappa shape index (κ1) is 25.4. The minimum absolute atomic E-state index is 0.181. The lowest BCUT2D eigenvalue weighted by Gasteiger charge is -2.55. The van der Waals surface area contributed by atoms with Crippen molar-refractivity contribution in [2.45, 2.75) is 96.7 Å². The fourth-order valence-electron chi connectivity index (χ4n) is 9.04. The monoisotopic (exact) mass is 505 g/mol. The summed E-state index contributed by atoms with van der Waals surface area (Å²) in [5.41, 5.74) is 1.03. The maximum Gasteiger partial charge on any atom is 0.333 e. The molecule has 0 bridgehead atoms. The van der Waals surface area contributed by atoms with Gasteiger partial charge < -0.3 is 9.67 Å². The van der Waals surface area contributed by atoms with Gasteiger partial charge in [0.2, 0.25) is 0 Å². The first-order chi connectivity index (χ1) is 16.4. The maximum absolute atomic E-state index is 11.3. The van der Waals surface area contributed by atoms with Gasteiger partial charge in [-0.3, -0.25) is 4.55 Å². The van der Waals surface area contributed by atoms with Crippen LogP contribution in [-0.4, -0.2) is 39.3 Å². The Morgan fingerprint density at radius 2 is 2.03 bits per heavy atom. The molecule has 7 nitrogen and oxygen atoms in total. The van der Waals surface area contributed by atoms with E-state index in [-0.39, 0.29) is 6.04 Å². The molecule has 0 aliphatic heterocycles.